The molecular formula is C18H16F2N2O3S. The van der Waals surface area contributed by atoms with Crippen molar-refractivity contribution in [3.8, 4) is 5.75 Å². The van der Waals surface area contributed by atoms with Crippen LogP contribution in [0.25, 0.3) is 0 Å². The number of hydrogen-bond donors (Lipinski definition) is 2. The molecule has 1 unspecified atom stereocenters. The zero-order valence-corrected chi connectivity index (χ0v) is 14.4. The normalized spacial score (nSPS) is 16.0. The Morgan fingerprint density at radius 3 is 2.85 bits per heavy atom. The molecule has 2 aromatic rings. The zero-order chi connectivity index (χ0) is 18.5. The number of halogens is 2. The number of thioether (sulfide) groups is 1. The number of para-hydroxylation sites is 1. The number of anilines is 1. The third-order valence-electron chi connectivity index (χ3n) is 3.69. The summed E-state index contributed by atoms with van der Waals surface area (Å²) in [6.07, 6.45) is 0.0259. The largest absolute Gasteiger partial charge is 0.435 e. The summed E-state index contributed by atoms with van der Waals surface area (Å²) in [4.78, 5) is 25.2. The number of fused-ring (bicyclic) bond motifs is 1. The van der Waals surface area contributed by atoms with Crippen LogP contribution in [0.15, 0.2) is 53.4 Å². The summed E-state index contributed by atoms with van der Waals surface area (Å²) in [5.74, 6) is -0.473. The minimum Gasteiger partial charge on any atom is -0.435 e. The maximum absolute atomic E-state index is 12.2. The van der Waals surface area contributed by atoms with Crippen LogP contribution in [0.3, 0.4) is 0 Å². The van der Waals surface area contributed by atoms with Gasteiger partial charge in [-0.1, -0.05) is 24.3 Å². The molecule has 8 heteroatoms. The summed E-state index contributed by atoms with van der Waals surface area (Å²) >= 11 is 1.35. The van der Waals surface area contributed by atoms with Gasteiger partial charge in [0.2, 0.25) is 11.8 Å². The van der Waals surface area contributed by atoms with Crippen LogP contribution >= 0.6 is 11.8 Å². The average molecular weight is 378 g/mol. The van der Waals surface area contributed by atoms with E-state index in [4.69, 9.17) is 0 Å². The zero-order valence-electron chi connectivity index (χ0n) is 13.6. The Hall–Kier alpha value is -2.61. The number of benzene rings is 2. The van der Waals surface area contributed by atoms with Crippen LogP contribution in [0, 0.1) is 0 Å². The highest BCUT2D eigenvalue weighted by Gasteiger charge is 2.28. The molecule has 1 aliphatic heterocycles. The van der Waals surface area contributed by atoms with Crippen molar-refractivity contribution in [2.24, 2.45) is 0 Å². The molecule has 0 radical (unpaired) electrons. The number of carbonyl (C=O) groups is 2. The molecule has 0 fully saturated rings. The Balaban J connectivity index is 1.54. The molecule has 1 atom stereocenters. The number of rotatable bonds is 6. The van der Waals surface area contributed by atoms with Gasteiger partial charge in [-0.25, -0.2) is 0 Å². The average Bonchev–Trinajstić information content (AvgIpc) is 2.60. The van der Waals surface area contributed by atoms with Crippen LogP contribution in [0.1, 0.15) is 12.0 Å². The van der Waals surface area contributed by atoms with Crippen LogP contribution in [0.5, 0.6) is 5.75 Å². The molecule has 0 saturated heterocycles. The summed E-state index contributed by atoms with van der Waals surface area (Å²) in [5, 5.41) is 4.97. The fraction of sp³-hybridized carbons (Fsp3) is 0.222. The Bertz CT molecular complexity index is 817. The van der Waals surface area contributed by atoms with Crippen LogP contribution in [0.4, 0.5) is 14.5 Å². The number of carbonyl (C=O) groups excluding carboxylic acids is 2. The minimum atomic E-state index is -2.90. The maximum Gasteiger partial charge on any atom is 0.387 e. The molecule has 3 rings (SSSR count). The van der Waals surface area contributed by atoms with E-state index in [-0.39, 0.29) is 30.5 Å². The second-order valence-corrected chi connectivity index (χ2v) is 6.84. The van der Waals surface area contributed by atoms with Gasteiger partial charge in [-0.3, -0.25) is 9.59 Å². The number of hydrogen-bond acceptors (Lipinski definition) is 4. The van der Waals surface area contributed by atoms with E-state index in [2.05, 4.69) is 15.4 Å². The standard InChI is InChI=1S/C18H16F2N2O3S/c19-18(20)25-12-5-3-4-11(8-12)10-21-16(23)9-15-17(24)22-13-6-1-2-7-14(13)26-15/h1-8,15,18H,9-10H2,(H,21,23)(H,22,24). The molecular weight excluding hydrogens is 362 g/mol. The van der Waals surface area contributed by atoms with E-state index in [1.165, 1.54) is 23.9 Å². The van der Waals surface area contributed by atoms with Crippen molar-refractivity contribution in [3.05, 3.63) is 54.1 Å². The number of nitrogens with one attached hydrogen (secondary N) is 2. The van der Waals surface area contributed by atoms with Crippen molar-refractivity contribution in [1.29, 1.82) is 0 Å². The molecule has 1 aliphatic rings. The second-order valence-electron chi connectivity index (χ2n) is 5.60. The highest BCUT2D eigenvalue weighted by atomic mass is 32.2. The van der Waals surface area contributed by atoms with Gasteiger partial charge in [0.05, 0.1) is 10.9 Å². The molecule has 5 nitrogen and oxygen atoms in total. The topological polar surface area (TPSA) is 67.4 Å². The molecule has 26 heavy (non-hydrogen) atoms. The van der Waals surface area contributed by atoms with Crippen molar-refractivity contribution in [2.45, 2.75) is 29.7 Å². The lowest BCUT2D eigenvalue weighted by Gasteiger charge is -2.23. The summed E-state index contributed by atoms with van der Waals surface area (Å²) < 4.78 is 28.8. The summed E-state index contributed by atoms with van der Waals surface area (Å²) in [6, 6.07) is 13.5. The van der Waals surface area contributed by atoms with Gasteiger partial charge in [0.1, 0.15) is 5.75 Å². The van der Waals surface area contributed by atoms with E-state index in [0.717, 1.165) is 10.6 Å². The minimum absolute atomic E-state index is 0.0259. The second kappa shape index (κ2) is 8.18. The fourth-order valence-electron chi connectivity index (χ4n) is 2.50. The van der Waals surface area contributed by atoms with Gasteiger partial charge in [-0.15, -0.1) is 11.8 Å². The van der Waals surface area contributed by atoms with E-state index < -0.39 is 11.9 Å². The van der Waals surface area contributed by atoms with Crippen LogP contribution in [-0.4, -0.2) is 23.7 Å². The van der Waals surface area contributed by atoms with E-state index in [1.807, 2.05) is 24.3 Å². The molecule has 0 aliphatic carbocycles. The predicted octanol–water partition coefficient (Wildman–Crippen LogP) is 3.41. The summed E-state index contributed by atoms with van der Waals surface area (Å²) in [6.45, 7) is -2.74. The molecule has 0 saturated carbocycles. The van der Waals surface area contributed by atoms with Crippen molar-refractivity contribution < 1.29 is 23.1 Å². The quantitative estimate of drug-likeness (QED) is 0.808. The first-order valence-electron chi connectivity index (χ1n) is 7.88. The van der Waals surface area contributed by atoms with Gasteiger partial charge in [-0.05, 0) is 29.8 Å². The van der Waals surface area contributed by atoms with E-state index in [9.17, 15) is 18.4 Å². The molecule has 2 aromatic carbocycles. The Morgan fingerprint density at radius 2 is 2.04 bits per heavy atom. The first kappa shape index (κ1) is 18.2. The van der Waals surface area contributed by atoms with Crippen LogP contribution < -0.4 is 15.4 Å². The molecule has 2 amide bonds. The fourth-order valence-corrected chi connectivity index (χ4v) is 3.61. The van der Waals surface area contributed by atoms with Crippen molar-refractivity contribution in [3.63, 3.8) is 0 Å². The first-order chi connectivity index (χ1) is 12.5. The number of alkyl halides is 2. The van der Waals surface area contributed by atoms with Gasteiger partial charge in [0.15, 0.2) is 0 Å². The summed E-state index contributed by atoms with van der Waals surface area (Å²) in [5.41, 5.74) is 1.37. The molecule has 136 valence electrons. The molecule has 0 bridgehead atoms. The predicted molar refractivity (Wildman–Crippen MR) is 94.3 cm³/mol. The van der Waals surface area contributed by atoms with Crippen molar-refractivity contribution in [1.82, 2.24) is 5.32 Å². The van der Waals surface area contributed by atoms with Crippen LogP contribution in [0.2, 0.25) is 0 Å². The SMILES string of the molecule is O=C(CC1Sc2ccccc2NC1=O)NCc1cccc(OC(F)F)c1. The monoisotopic (exact) mass is 378 g/mol. The molecule has 0 aromatic heterocycles. The van der Waals surface area contributed by atoms with Gasteiger partial charge >= 0.3 is 6.61 Å². The first-order valence-corrected chi connectivity index (χ1v) is 8.76. The Labute approximate surface area is 153 Å². The van der Waals surface area contributed by atoms with Gasteiger partial charge in [-0.2, -0.15) is 8.78 Å². The smallest absolute Gasteiger partial charge is 0.387 e. The van der Waals surface area contributed by atoms with E-state index >= 15 is 0 Å². The Morgan fingerprint density at radius 1 is 1.23 bits per heavy atom. The maximum atomic E-state index is 12.2. The lowest BCUT2D eigenvalue weighted by molar-refractivity contribution is -0.124. The lowest BCUT2D eigenvalue weighted by atomic mass is 10.2. The molecule has 0 spiro atoms. The van der Waals surface area contributed by atoms with Gasteiger partial charge in [0, 0.05) is 17.9 Å². The molecule has 2 N–H and O–H groups in total. The highest BCUT2D eigenvalue weighted by molar-refractivity contribution is 8.01. The van der Waals surface area contributed by atoms with E-state index in [0.29, 0.717) is 5.56 Å². The summed E-state index contributed by atoms with van der Waals surface area (Å²) in [7, 11) is 0. The van der Waals surface area contributed by atoms with Crippen molar-refractivity contribution >= 4 is 29.3 Å². The van der Waals surface area contributed by atoms with E-state index in [1.54, 1.807) is 12.1 Å². The van der Waals surface area contributed by atoms with Crippen molar-refractivity contribution in [2.75, 3.05) is 5.32 Å². The van der Waals surface area contributed by atoms with Gasteiger partial charge < -0.3 is 15.4 Å². The van der Waals surface area contributed by atoms with Crippen LogP contribution in [-0.2, 0) is 16.1 Å². The van der Waals surface area contributed by atoms with Gasteiger partial charge in [0.25, 0.3) is 0 Å². The third kappa shape index (κ3) is 4.72. The molecule has 1 heterocycles. The third-order valence-corrected chi connectivity index (χ3v) is 4.97. The lowest BCUT2D eigenvalue weighted by Crippen LogP contribution is -2.34. The highest BCUT2D eigenvalue weighted by Crippen LogP contribution is 2.36. The number of ether oxygens (including phenoxy) is 1. The Kier molecular flexibility index (Phi) is 5.72. The number of amides is 2.